The van der Waals surface area contributed by atoms with Gasteiger partial charge in [-0.1, -0.05) is 30.3 Å². The smallest absolute Gasteiger partial charge is 0.258 e. The second kappa shape index (κ2) is 10.9. The second-order valence-corrected chi connectivity index (χ2v) is 6.15. The summed E-state index contributed by atoms with van der Waals surface area (Å²) in [5.41, 5.74) is 2.34. The number of aryl methyl sites for hydroxylation is 1. The van der Waals surface area contributed by atoms with E-state index < -0.39 is 0 Å². The maximum Gasteiger partial charge on any atom is 0.258 e. The first-order valence-corrected chi connectivity index (χ1v) is 9.11. The number of carbonyl (C=O) groups is 2. The molecule has 2 amide bonds. The van der Waals surface area contributed by atoms with Crippen molar-refractivity contribution in [3.63, 3.8) is 0 Å². The zero-order valence-corrected chi connectivity index (χ0v) is 15.9. The molecule has 6 heteroatoms. The number of nitrogens with one attached hydrogen (secondary N) is 2. The van der Waals surface area contributed by atoms with E-state index in [-0.39, 0.29) is 25.0 Å². The van der Waals surface area contributed by atoms with Crippen LogP contribution in [0.4, 0.5) is 5.69 Å². The zero-order valence-electron chi connectivity index (χ0n) is 15.9. The van der Waals surface area contributed by atoms with E-state index in [1.807, 2.05) is 24.3 Å². The molecule has 2 N–H and O–H groups in total. The zero-order chi connectivity index (χ0) is 19.5. The molecule has 0 aliphatic heterocycles. The number of amides is 2. The van der Waals surface area contributed by atoms with Crippen LogP contribution in [0.15, 0.2) is 54.6 Å². The summed E-state index contributed by atoms with van der Waals surface area (Å²) in [5, 5.41) is 5.38. The largest absolute Gasteiger partial charge is 0.484 e. The molecule has 0 fully saturated rings. The van der Waals surface area contributed by atoms with Crippen LogP contribution in [0.3, 0.4) is 0 Å². The van der Waals surface area contributed by atoms with Crippen LogP contribution in [-0.2, 0) is 9.59 Å². The van der Waals surface area contributed by atoms with E-state index in [2.05, 4.69) is 47.6 Å². The predicted molar refractivity (Wildman–Crippen MR) is 107 cm³/mol. The lowest BCUT2D eigenvalue weighted by Crippen LogP contribution is -2.41. The van der Waals surface area contributed by atoms with Crippen molar-refractivity contribution in [3.05, 3.63) is 60.2 Å². The Morgan fingerprint density at radius 2 is 1.78 bits per heavy atom. The van der Waals surface area contributed by atoms with Gasteiger partial charge in [0, 0.05) is 25.3 Å². The van der Waals surface area contributed by atoms with Gasteiger partial charge in [-0.25, -0.2) is 0 Å². The number of hydrogen-bond acceptors (Lipinski definition) is 4. The van der Waals surface area contributed by atoms with E-state index in [0.29, 0.717) is 18.8 Å². The molecule has 2 aromatic carbocycles. The molecule has 0 aliphatic rings. The van der Waals surface area contributed by atoms with E-state index in [9.17, 15) is 9.59 Å². The summed E-state index contributed by atoms with van der Waals surface area (Å²) in [6.45, 7) is 6.03. The van der Waals surface area contributed by atoms with Gasteiger partial charge in [0.15, 0.2) is 6.61 Å². The molecule has 0 bridgehead atoms. The van der Waals surface area contributed by atoms with Gasteiger partial charge in [0.05, 0.1) is 6.54 Å². The van der Waals surface area contributed by atoms with Crippen LogP contribution in [-0.4, -0.2) is 44.6 Å². The standard InChI is InChI=1S/C21H27N3O3/c1-3-24(18-9-7-8-17(2)14-18)13-12-22-20(25)15-23-21(26)16-27-19-10-5-4-6-11-19/h4-11,14H,3,12-13,15-16H2,1-2H3,(H,22,25)(H,23,26). The van der Waals surface area contributed by atoms with Crippen LogP contribution in [0, 0.1) is 6.92 Å². The van der Waals surface area contributed by atoms with Gasteiger partial charge < -0.3 is 20.3 Å². The van der Waals surface area contributed by atoms with Gasteiger partial charge in [0.25, 0.3) is 5.91 Å². The molecule has 0 aliphatic carbocycles. The monoisotopic (exact) mass is 369 g/mol. The molecule has 0 atom stereocenters. The van der Waals surface area contributed by atoms with Crippen LogP contribution >= 0.6 is 0 Å². The van der Waals surface area contributed by atoms with Crippen molar-refractivity contribution in [3.8, 4) is 5.75 Å². The molecule has 0 radical (unpaired) electrons. The molecule has 0 saturated carbocycles. The highest BCUT2D eigenvalue weighted by atomic mass is 16.5. The Kier molecular flexibility index (Phi) is 8.16. The van der Waals surface area contributed by atoms with Gasteiger partial charge in [-0.05, 0) is 43.7 Å². The van der Waals surface area contributed by atoms with Crippen LogP contribution < -0.4 is 20.3 Å². The Balaban J connectivity index is 1.64. The Hall–Kier alpha value is -3.02. The number of carbonyl (C=O) groups excluding carboxylic acids is 2. The number of nitrogens with zero attached hydrogens (tertiary/aromatic N) is 1. The molecule has 0 saturated heterocycles. The van der Waals surface area contributed by atoms with E-state index >= 15 is 0 Å². The van der Waals surface area contributed by atoms with Crippen molar-refractivity contribution in [1.82, 2.24) is 10.6 Å². The minimum Gasteiger partial charge on any atom is -0.484 e. The lowest BCUT2D eigenvalue weighted by molar-refractivity contribution is -0.127. The van der Waals surface area contributed by atoms with Gasteiger partial charge in [-0.15, -0.1) is 0 Å². The van der Waals surface area contributed by atoms with Gasteiger partial charge in [-0.3, -0.25) is 9.59 Å². The number of hydrogen-bond donors (Lipinski definition) is 2. The lowest BCUT2D eigenvalue weighted by Gasteiger charge is -2.23. The first-order chi connectivity index (χ1) is 13.1. The van der Waals surface area contributed by atoms with E-state index in [1.165, 1.54) is 5.56 Å². The molecule has 0 unspecified atom stereocenters. The first-order valence-electron chi connectivity index (χ1n) is 9.11. The third-order valence-electron chi connectivity index (χ3n) is 4.01. The number of benzene rings is 2. The van der Waals surface area contributed by atoms with Crippen LogP contribution in [0.25, 0.3) is 0 Å². The van der Waals surface area contributed by atoms with Crippen LogP contribution in [0.5, 0.6) is 5.75 Å². The Morgan fingerprint density at radius 3 is 2.48 bits per heavy atom. The highest BCUT2D eigenvalue weighted by Gasteiger charge is 2.08. The molecule has 27 heavy (non-hydrogen) atoms. The maximum atomic E-state index is 11.9. The fourth-order valence-corrected chi connectivity index (χ4v) is 2.58. The van der Waals surface area contributed by atoms with E-state index in [0.717, 1.165) is 12.2 Å². The van der Waals surface area contributed by atoms with Gasteiger partial charge in [0.1, 0.15) is 5.75 Å². The van der Waals surface area contributed by atoms with Crippen molar-refractivity contribution in [2.45, 2.75) is 13.8 Å². The van der Waals surface area contributed by atoms with Gasteiger partial charge in [0.2, 0.25) is 5.91 Å². The summed E-state index contributed by atoms with van der Waals surface area (Å²) in [4.78, 5) is 25.8. The molecular weight excluding hydrogens is 342 g/mol. The van der Waals surface area contributed by atoms with Crippen molar-refractivity contribution in [1.29, 1.82) is 0 Å². The number of ether oxygens (including phenoxy) is 1. The average Bonchev–Trinajstić information content (AvgIpc) is 2.69. The Bertz CT molecular complexity index is 734. The molecule has 0 heterocycles. The summed E-state index contributed by atoms with van der Waals surface area (Å²) in [6.07, 6.45) is 0. The summed E-state index contributed by atoms with van der Waals surface area (Å²) < 4.78 is 5.34. The van der Waals surface area contributed by atoms with Gasteiger partial charge in [-0.2, -0.15) is 0 Å². The number of anilines is 1. The minimum atomic E-state index is -0.330. The molecule has 2 rings (SSSR count). The van der Waals surface area contributed by atoms with Crippen molar-refractivity contribution < 1.29 is 14.3 Å². The fraction of sp³-hybridized carbons (Fsp3) is 0.333. The number of likely N-dealkylation sites (N-methyl/N-ethyl adjacent to an activating group) is 1. The third kappa shape index (κ3) is 7.40. The van der Waals surface area contributed by atoms with Crippen molar-refractivity contribution in [2.75, 3.05) is 37.7 Å². The van der Waals surface area contributed by atoms with E-state index in [1.54, 1.807) is 12.1 Å². The summed E-state index contributed by atoms with van der Waals surface area (Å²) >= 11 is 0. The van der Waals surface area contributed by atoms with Crippen molar-refractivity contribution >= 4 is 17.5 Å². The minimum absolute atomic E-state index is 0.0620. The normalized spacial score (nSPS) is 10.1. The Labute approximate surface area is 160 Å². The third-order valence-corrected chi connectivity index (χ3v) is 4.01. The maximum absolute atomic E-state index is 11.9. The van der Waals surface area contributed by atoms with Crippen LogP contribution in [0.1, 0.15) is 12.5 Å². The molecule has 144 valence electrons. The SMILES string of the molecule is CCN(CCNC(=O)CNC(=O)COc1ccccc1)c1cccc(C)c1. The Morgan fingerprint density at radius 1 is 1.00 bits per heavy atom. The highest BCUT2D eigenvalue weighted by Crippen LogP contribution is 2.14. The lowest BCUT2D eigenvalue weighted by atomic mass is 10.2. The topological polar surface area (TPSA) is 70.7 Å². The first kappa shape index (κ1) is 20.3. The predicted octanol–water partition coefficient (Wildman–Crippen LogP) is 2.13. The molecule has 2 aromatic rings. The molecular formula is C21H27N3O3. The number of rotatable bonds is 10. The second-order valence-electron chi connectivity index (χ2n) is 6.15. The summed E-state index contributed by atoms with van der Waals surface area (Å²) in [5.74, 6) is 0.0696. The highest BCUT2D eigenvalue weighted by molar-refractivity contribution is 5.85. The summed E-state index contributed by atoms with van der Waals surface area (Å²) in [6, 6.07) is 17.3. The van der Waals surface area contributed by atoms with Gasteiger partial charge >= 0.3 is 0 Å². The van der Waals surface area contributed by atoms with Crippen molar-refractivity contribution in [2.24, 2.45) is 0 Å². The quantitative estimate of drug-likeness (QED) is 0.673. The average molecular weight is 369 g/mol. The molecule has 6 nitrogen and oxygen atoms in total. The van der Waals surface area contributed by atoms with Crippen LogP contribution in [0.2, 0.25) is 0 Å². The fourth-order valence-electron chi connectivity index (χ4n) is 2.58. The molecule has 0 spiro atoms. The number of para-hydroxylation sites is 1. The van der Waals surface area contributed by atoms with E-state index in [4.69, 9.17) is 4.74 Å². The summed E-state index contributed by atoms with van der Waals surface area (Å²) in [7, 11) is 0. The molecule has 0 aromatic heterocycles.